The monoisotopic (exact) mass is 174 g/mol. The normalized spacial score (nSPS) is 11.4. The molecule has 0 aliphatic heterocycles. The number of carbonyl (C=O) groups is 1. The molecule has 1 aromatic carbocycles. The standard InChI is InChI=1S/C12H14O/c1-3-11(12(13)4-2)10-8-6-5-7-9-10/h3,5-9H,4H2,1-2H3. The third-order valence-corrected chi connectivity index (χ3v) is 1.99. The predicted molar refractivity (Wildman–Crippen MR) is 55.4 cm³/mol. The Morgan fingerprint density at radius 1 is 1.31 bits per heavy atom. The van der Waals surface area contributed by atoms with E-state index >= 15 is 0 Å². The number of rotatable bonds is 3. The lowest BCUT2D eigenvalue weighted by Gasteiger charge is -2.03. The minimum Gasteiger partial charge on any atom is -0.294 e. The van der Waals surface area contributed by atoms with Gasteiger partial charge in [-0.3, -0.25) is 4.79 Å². The first-order chi connectivity index (χ1) is 6.29. The van der Waals surface area contributed by atoms with Gasteiger partial charge in [0.05, 0.1) is 0 Å². The summed E-state index contributed by atoms with van der Waals surface area (Å²) in [7, 11) is 0. The molecule has 68 valence electrons. The van der Waals surface area contributed by atoms with Crippen molar-refractivity contribution >= 4 is 11.4 Å². The van der Waals surface area contributed by atoms with Gasteiger partial charge < -0.3 is 0 Å². The van der Waals surface area contributed by atoms with Crippen molar-refractivity contribution in [2.45, 2.75) is 20.3 Å². The molecular formula is C12H14O. The molecule has 0 aromatic heterocycles. The Balaban J connectivity index is 3.00. The molecule has 0 unspecified atom stereocenters. The summed E-state index contributed by atoms with van der Waals surface area (Å²) in [6.45, 7) is 3.78. The van der Waals surface area contributed by atoms with Crippen LogP contribution in [0.5, 0.6) is 0 Å². The zero-order chi connectivity index (χ0) is 9.68. The number of carbonyl (C=O) groups excluding carboxylic acids is 1. The van der Waals surface area contributed by atoms with Gasteiger partial charge in [-0.15, -0.1) is 0 Å². The second kappa shape index (κ2) is 4.61. The third kappa shape index (κ3) is 2.28. The van der Waals surface area contributed by atoms with Gasteiger partial charge in [-0.1, -0.05) is 43.3 Å². The number of hydrogen-bond donors (Lipinski definition) is 0. The van der Waals surface area contributed by atoms with Crippen LogP contribution in [0.15, 0.2) is 36.4 Å². The maximum absolute atomic E-state index is 11.5. The Morgan fingerprint density at radius 2 is 1.92 bits per heavy atom. The van der Waals surface area contributed by atoms with Crippen molar-refractivity contribution in [1.82, 2.24) is 0 Å². The van der Waals surface area contributed by atoms with Crippen LogP contribution in [0.1, 0.15) is 25.8 Å². The molecule has 0 atom stereocenters. The van der Waals surface area contributed by atoms with Gasteiger partial charge in [-0.2, -0.15) is 0 Å². The average Bonchev–Trinajstić information content (AvgIpc) is 2.20. The smallest absolute Gasteiger partial charge is 0.162 e. The molecule has 13 heavy (non-hydrogen) atoms. The summed E-state index contributed by atoms with van der Waals surface area (Å²) in [6, 6.07) is 9.77. The molecule has 1 rings (SSSR count). The van der Waals surface area contributed by atoms with Gasteiger partial charge in [0.25, 0.3) is 0 Å². The number of hydrogen-bond acceptors (Lipinski definition) is 1. The van der Waals surface area contributed by atoms with Gasteiger partial charge in [-0.25, -0.2) is 0 Å². The van der Waals surface area contributed by atoms with Crippen molar-refractivity contribution in [3.8, 4) is 0 Å². The molecule has 0 radical (unpaired) electrons. The zero-order valence-corrected chi connectivity index (χ0v) is 8.08. The van der Waals surface area contributed by atoms with E-state index in [1.807, 2.05) is 50.3 Å². The van der Waals surface area contributed by atoms with Crippen LogP contribution in [-0.2, 0) is 4.79 Å². The molecule has 1 nitrogen and oxygen atoms in total. The SMILES string of the molecule is CC=C(C(=O)CC)c1ccccc1. The first-order valence-electron chi connectivity index (χ1n) is 4.54. The molecule has 0 amide bonds. The summed E-state index contributed by atoms with van der Waals surface area (Å²) >= 11 is 0. The van der Waals surface area contributed by atoms with Gasteiger partial charge in [0.15, 0.2) is 5.78 Å². The van der Waals surface area contributed by atoms with Gasteiger partial charge in [0.1, 0.15) is 0 Å². The molecule has 0 saturated carbocycles. The quantitative estimate of drug-likeness (QED) is 0.643. The third-order valence-electron chi connectivity index (χ3n) is 1.99. The van der Waals surface area contributed by atoms with Gasteiger partial charge in [0.2, 0.25) is 0 Å². The van der Waals surface area contributed by atoms with Crippen molar-refractivity contribution in [2.24, 2.45) is 0 Å². The predicted octanol–water partition coefficient (Wildman–Crippen LogP) is 3.07. The number of benzene rings is 1. The Hall–Kier alpha value is -1.37. The van der Waals surface area contributed by atoms with E-state index in [9.17, 15) is 4.79 Å². The van der Waals surface area contributed by atoms with E-state index in [0.29, 0.717) is 6.42 Å². The Labute approximate surface area is 79.1 Å². The summed E-state index contributed by atoms with van der Waals surface area (Å²) in [5.74, 6) is 0.203. The van der Waals surface area contributed by atoms with Crippen LogP contribution >= 0.6 is 0 Å². The number of ketones is 1. The molecule has 0 saturated heterocycles. The first kappa shape index (κ1) is 9.72. The number of Topliss-reactive ketones (excluding diaryl/α,β-unsaturated/α-hetero) is 1. The highest BCUT2D eigenvalue weighted by Gasteiger charge is 2.07. The van der Waals surface area contributed by atoms with Crippen LogP contribution < -0.4 is 0 Å². The fraction of sp³-hybridized carbons (Fsp3) is 0.250. The van der Waals surface area contributed by atoms with Crippen molar-refractivity contribution in [1.29, 1.82) is 0 Å². The first-order valence-corrected chi connectivity index (χ1v) is 4.54. The lowest BCUT2D eigenvalue weighted by atomic mass is 10.0. The van der Waals surface area contributed by atoms with Crippen LogP contribution in [0.3, 0.4) is 0 Å². The van der Waals surface area contributed by atoms with Gasteiger partial charge >= 0.3 is 0 Å². The van der Waals surface area contributed by atoms with E-state index in [2.05, 4.69) is 0 Å². The molecule has 0 bridgehead atoms. The van der Waals surface area contributed by atoms with Crippen LogP contribution in [0.2, 0.25) is 0 Å². The summed E-state index contributed by atoms with van der Waals surface area (Å²) < 4.78 is 0. The van der Waals surface area contributed by atoms with Crippen molar-refractivity contribution < 1.29 is 4.79 Å². The van der Waals surface area contributed by atoms with Crippen LogP contribution in [0.25, 0.3) is 5.57 Å². The number of allylic oxidation sites excluding steroid dienone is 2. The Bertz CT molecular complexity index is 309. The average molecular weight is 174 g/mol. The lowest BCUT2D eigenvalue weighted by molar-refractivity contribution is -0.113. The van der Waals surface area contributed by atoms with Crippen molar-refractivity contribution in [2.75, 3.05) is 0 Å². The van der Waals surface area contributed by atoms with Gasteiger partial charge in [-0.05, 0) is 12.5 Å². The fourth-order valence-corrected chi connectivity index (χ4v) is 1.30. The highest BCUT2D eigenvalue weighted by molar-refractivity contribution is 6.20. The maximum Gasteiger partial charge on any atom is 0.162 e. The van der Waals surface area contributed by atoms with Gasteiger partial charge in [0, 0.05) is 12.0 Å². The van der Waals surface area contributed by atoms with E-state index < -0.39 is 0 Å². The van der Waals surface area contributed by atoms with E-state index in [-0.39, 0.29) is 5.78 Å². The molecule has 0 spiro atoms. The summed E-state index contributed by atoms with van der Waals surface area (Å²) in [5.41, 5.74) is 1.83. The molecule has 1 aromatic rings. The lowest BCUT2D eigenvalue weighted by Crippen LogP contribution is -1.98. The summed E-state index contributed by atoms with van der Waals surface area (Å²) in [4.78, 5) is 11.5. The minimum atomic E-state index is 0.203. The van der Waals surface area contributed by atoms with E-state index in [4.69, 9.17) is 0 Å². The highest BCUT2D eigenvalue weighted by Crippen LogP contribution is 2.15. The van der Waals surface area contributed by atoms with E-state index in [0.717, 1.165) is 11.1 Å². The van der Waals surface area contributed by atoms with Crippen LogP contribution in [0.4, 0.5) is 0 Å². The van der Waals surface area contributed by atoms with Crippen molar-refractivity contribution in [3.05, 3.63) is 42.0 Å². The van der Waals surface area contributed by atoms with Crippen LogP contribution in [0, 0.1) is 0 Å². The molecule has 0 aliphatic rings. The largest absolute Gasteiger partial charge is 0.294 e. The molecule has 0 N–H and O–H groups in total. The maximum atomic E-state index is 11.5. The van der Waals surface area contributed by atoms with Crippen molar-refractivity contribution in [3.63, 3.8) is 0 Å². The summed E-state index contributed by atoms with van der Waals surface area (Å²) in [6.07, 6.45) is 2.44. The zero-order valence-electron chi connectivity index (χ0n) is 8.08. The second-order valence-electron chi connectivity index (χ2n) is 2.85. The minimum absolute atomic E-state index is 0.203. The molecule has 0 fully saturated rings. The Morgan fingerprint density at radius 3 is 2.38 bits per heavy atom. The Kier molecular flexibility index (Phi) is 3.44. The topological polar surface area (TPSA) is 17.1 Å². The highest BCUT2D eigenvalue weighted by atomic mass is 16.1. The van der Waals surface area contributed by atoms with Crippen LogP contribution in [-0.4, -0.2) is 5.78 Å². The fourth-order valence-electron chi connectivity index (χ4n) is 1.30. The molecule has 0 heterocycles. The van der Waals surface area contributed by atoms with E-state index in [1.165, 1.54) is 0 Å². The van der Waals surface area contributed by atoms with E-state index in [1.54, 1.807) is 0 Å². The molecule has 1 heteroatoms. The summed E-state index contributed by atoms with van der Waals surface area (Å²) in [5, 5.41) is 0. The second-order valence-corrected chi connectivity index (χ2v) is 2.85. The molecule has 0 aliphatic carbocycles. The molecular weight excluding hydrogens is 160 g/mol.